The molecule has 0 atom stereocenters. The van der Waals surface area contributed by atoms with Gasteiger partial charge in [0.05, 0.1) is 6.20 Å². The molecule has 1 fully saturated rings. The van der Waals surface area contributed by atoms with E-state index in [1.165, 1.54) is 43.4 Å². The van der Waals surface area contributed by atoms with Gasteiger partial charge in [0.15, 0.2) is 0 Å². The first-order valence-corrected chi connectivity index (χ1v) is 5.82. The molecule has 1 aromatic heterocycles. The van der Waals surface area contributed by atoms with Crippen LogP contribution in [0, 0.1) is 0 Å². The maximum atomic E-state index is 4.19. The first-order chi connectivity index (χ1) is 6.79. The van der Waals surface area contributed by atoms with Crippen molar-refractivity contribution in [3.63, 3.8) is 0 Å². The van der Waals surface area contributed by atoms with Gasteiger partial charge in [-0.2, -0.15) is 5.10 Å². The summed E-state index contributed by atoms with van der Waals surface area (Å²) < 4.78 is 0. The third-order valence-electron chi connectivity index (χ3n) is 3.34. The van der Waals surface area contributed by atoms with E-state index in [0.29, 0.717) is 5.92 Å². The van der Waals surface area contributed by atoms with Crippen LogP contribution in [0.3, 0.4) is 0 Å². The highest BCUT2D eigenvalue weighted by Gasteiger charge is 2.20. The number of hydrogen-bond donors (Lipinski definition) is 1. The normalized spacial score (nSPS) is 19.1. The molecule has 2 nitrogen and oxygen atoms in total. The predicted octanol–water partition coefficient (Wildman–Crippen LogP) is 3.58. The highest BCUT2D eigenvalue weighted by Crippen LogP contribution is 2.34. The molecule has 78 valence electrons. The van der Waals surface area contributed by atoms with E-state index in [4.69, 9.17) is 0 Å². The van der Waals surface area contributed by atoms with E-state index in [0.717, 1.165) is 5.92 Å². The summed E-state index contributed by atoms with van der Waals surface area (Å²) in [6.45, 7) is 4.49. The van der Waals surface area contributed by atoms with Gasteiger partial charge in [0.2, 0.25) is 0 Å². The van der Waals surface area contributed by atoms with Gasteiger partial charge in [0.1, 0.15) is 0 Å². The molecule has 0 aromatic carbocycles. The van der Waals surface area contributed by atoms with Gasteiger partial charge in [-0.1, -0.05) is 33.1 Å². The summed E-state index contributed by atoms with van der Waals surface area (Å²) in [6, 6.07) is 0. The molecule has 1 saturated carbocycles. The fourth-order valence-electron chi connectivity index (χ4n) is 2.48. The molecule has 0 spiro atoms. The Morgan fingerprint density at radius 1 is 1.29 bits per heavy atom. The van der Waals surface area contributed by atoms with Gasteiger partial charge in [-0.15, -0.1) is 0 Å². The second-order valence-electron chi connectivity index (χ2n) is 4.73. The van der Waals surface area contributed by atoms with Crippen molar-refractivity contribution in [2.45, 2.75) is 57.8 Å². The average molecular weight is 192 g/mol. The van der Waals surface area contributed by atoms with E-state index in [2.05, 4.69) is 24.0 Å². The molecule has 0 amide bonds. The van der Waals surface area contributed by atoms with E-state index < -0.39 is 0 Å². The van der Waals surface area contributed by atoms with E-state index in [-0.39, 0.29) is 0 Å². The molecule has 2 heteroatoms. The molecule has 1 aliphatic carbocycles. The Morgan fingerprint density at radius 3 is 2.64 bits per heavy atom. The Hall–Kier alpha value is -0.790. The van der Waals surface area contributed by atoms with Gasteiger partial charge >= 0.3 is 0 Å². The van der Waals surface area contributed by atoms with Crippen LogP contribution < -0.4 is 0 Å². The van der Waals surface area contributed by atoms with E-state index in [9.17, 15) is 0 Å². The fourth-order valence-corrected chi connectivity index (χ4v) is 2.48. The second-order valence-corrected chi connectivity index (χ2v) is 4.73. The lowest BCUT2D eigenvalue weighted by atomic mass is 9.84. The van der Waals surface area contributed by atoms with Crippen molar-refractivity contribution in [1.82, 2.24) is 10.2 Å². The summed E-state index contributed by atoms with van der Waals surface area (Å²) in [5.74, 6) is 1.36. The van der Waals surface area contributed by atoms with Crippen molar-refractivity contribution in [3.05, 3.63) is 17.5 Å². The Bertz CT molecular complexity index is 282. The smallest absolute Gasteiger partial charge is 0.0524 e. The highest BCUT2D eigenvalue weighted by molar-refractivity contribution is 5.24. The first-order valence-electron chi connectivity index (χ1n) is 5.82. The van der Waals surface area contributed by atoms with Crippen LogP contribution in [0.5, 0.6) is 0 Å². The number of aromatic amines is 1. The van der Waals surface area contributed by atoms with Crippen LogP contribution in [-0.4, -0.2) is 10.2 Å². The molecule has 0 aliphatic heterocycles. The van der Waals surface area contributed by atoms with Crippen molar-refractivity contribution in [2.75, 3.05) is 0 Å². The number of nitrogens with one attached hydrogen (secondary N) is 1. The zero-order valence-corrected chi connectivity index (χ0v) is 9.21. The second kappa shape index (κ2) is 4.16. The molecular weight excluding hydrogens is 172 g/mol. The number of nitrogens with zero attached hydrogens (tertiary/aromatic N) is 1. The summed E-state index contributed by atoms with van der Waals surface area (Å²) in [6.07, 6.45) is 8.91. The monoisotopic (exact) mass is 192 g/mol. The molecular formula is C12H20N2. The topological polar surface area (TPSA) is 28.7 Å². The van der Waals surface area contributed by atoms with Crippen molar-refractivity contribution in [2.24, 2.45) is 0 Å². The molecule has 1 heterocycles. The first kappa shape index (κ1) is 9.75. The summed E-state index contributed by atoms with van der Waals surface area (Å²) in [5.41, 5.74) is 2.84. The van der Waals surface area contributed by atoms with Gasteiger partial charge in [0.25, 0.3) is 0 Å². The maximum Gasteiger partial charge on any atom is 0.0524 e. The largest absolute Gasteiger partial charge is 0.282 e. The molecule has 1 aliphatic rings. The molecule has 2 rings (SSSR count). The molecule has 0 unspecified atom stereocenters. The number of hydrogen-bond acceptors (Lipinski definition) is 1. The van der Waals surface area contributed by atoms with Gasteiger partial charge in [0, 0.05) is 11.6 Å². The lowest BCUT2D eigenvalue weighted by molar-refractivity contribution is 0.433. The zero-order valence-electron chi connectivity index (χ0n) is 9.21. The fraction of sp³-hybridized carbons (Fsp3) is 0.750. The minimum Gasteiger partial charge on any atom is -0.282 e. The van der Waals surface area contributed by atoms with Crippen LogP contribution in [0.2, 0.25) is 0 Å². The van der Waals surface area contributed by atoms with Crippen molar-refractivity contribution >= 4 is 0 Å². The minimum atomic E-state index is 0.602. The third-order valence-corrected chi connectivity index (χ3v) is 3.34. The number of aromatic nitrogens is 2. The summed E-state index contributed by atoms with van der Waals surface area (Å²) in [5, 5.41) is 7.40. The Kier molecular flexibility index (Phi) is 2.90. The maximum absolute atomic E-state index is 4.19. The van der Waals surface area contributed by atoms with E-state index in [1.807, 2.05) is 6.20 Å². The Morgan fingerprint density at radius 2 is 2.00 bits per heavy atom. The lowest BCUT2D eigenvalue weighted by Gasteiger charge is -2.22. The summed E-state index contributed by atoms with van der Waals surface area (Å²) >= 11 is 0. The predicted molar refractivity (Wildman–Crippen MR) is 58.5 cm³/mol. The number of H-pyrrole nitrogens is 1. The zero-order chi connectivity index (χ0) is 9.97. The third kappa shape index (κ3) is 1.84. The quantitative estimate of drug-likeness (QED) is 0.762. The van der Waals surface area contributed by atoms with Crippen LogP contribution in [-0.2, 0) is 0 Å². The lowest BCUT2D eigenvalue weighted by Crippen LogP contribution is -2.07. The van der Waals surface area contributed by atoms with Crippen molar-refractivity contribution in [1.29, 1.82) is 0 Å². The van der Waals surface area contributed by atoms with Crippen LogP contribution in [0.25, 0.3) is 0 Å². The molecule has 14 heavy (non-hydrogen) atoms. The molecule has 0 radical (unpaired) electrons. The van der Waals surface area contributed by atoms with Crippen LogP contribution in [0.4, 0.5) is 0 Å². The summed E-state index contributed by atoms with van der Waals surface area (Å²) in [7, 11) is 0. The standard InChI is InChI=1S/C12H20N2/c1-9(2)11-8-13-14-12(11)10-6-4-3-5-7-10/h8-10H,3-7H2,1-2H3,(H,13,14). The molecule has 1 aromatic rings. The Labute approximate surface area is 86.1 Å². The van der Waals surface area contributed by atoms with Gasteiger partial charge < -0.3 is 0 Å². The van der Waals surface area contributed by atoms with Gasteiger partial charge in [-0.05, 0) is 24.3 Å². The van der Waals surface area contributed by atoms with Crippen LogP contribution in [0.15, 0.2) is 6.20 Å². The van der Waals surface area contributed by atoms with Gasteiger partial charge in [-0.3, -0.25) is 5.10 Å². The van der Waals surface area contributed by atoms with Crippen molar-refractivity contribution < 1.29 is 0 Å². The van der Waals surface area contributed by atoms with Crippen LogP contribution in [0.1, 0.15) is 69.0 Å². The van der Waals surface area contributed by atoms with E-state index >= 15 is 0 Å². The highest BCUT2D eigenvalue weighted by atomic mass is 15.1. The summed E-state index contributed by atoms with van der Waals surface area (Å²) in [4.78, 5) is 0. The average Bonchev–Trinajstić information content (AvgIpc) is 2.67. The molecule has 0 saturated heterocycles. The SMILES string of the molecule is CC(C)c1cn[nH]c1C1CCCCC1. The Balaban J connectivity index is 2.17. The van der Waals surface area contributed by atoms with E-state index in [1.54, 1.807) is 0 Å². The van der Waals surface area contributed by atoms with Gasteiger partial charge in [-0.25, -0.2) is 0 Å². The molecule has 1 N–H and O–H groups in total. The minimum absolute atomic E-state index is 0.602. The van der Waals surface area contributed by atoms with Crippen molar-refractivity contribution in [3.8, 4) is 0 Å². The van der Waals surface area contributed by atoms with Crippen LogP contribution >= 0.6 is 0 Å². The molecule has 0 bridgehead atoms. The number of rotatable bonds is 2.